The molecule has 0 saturated carbocycles. The predicted molar refractivity (Wildman–Crippen MR) is 164 cm³/mol. The number of piperazine rings is 1. The molecule has 10 nitrogen and oxygen atoms in total. The molecule has 0 radical (unpaired) electrons. The Morgan fingerprint density at radius 2 is 1.47 bits per heavy atom. The van der Waals surface area contributed by atoms with Gasteiger partial charge in [0.1, 0.15) is 28.2 Å². The average Bonchev–Trinajstić information content (AvgIpc) is 3.04. The fourth-order valence-electron chi connectivity index (χ4n) is 5.56. The van der Waals surface area contributed by atoms with Crippen molar-refractivity contribution < 1.29 is 32.9 Å². The van der Waals surface area contributed by atoms with Gasteiger partial charge in [-0.3, -0.25) is 9.59 Å². The van der Waals surface area contributed by atoms with Gasteiger partial charge in [-0.25, -0.2) is 0 Å². The lowest BCUT2D eigenvalue weighted by atomic mass is 10.00. The molecule has 1 saturated heterocycles. The van der Waals surface area contributed by atoms with Crippen LogP contribution in [0.5, 0.6) is 28.7 Å². The first-order valence-electron chi connectivity index (χ1n) is 13.9. The maximum Gasteiger partial charge on any atom is 0.227 e. The first-order valence-corrected chi connectivity index (χ1v) is 13.9. The summed E-state index contributed by atoms with van der Waals surface area (Å²) in [5.41, 5.74) is 2.94. The number of para-hydroxylation sites is 1. The summed E-state index contributed by atoms with van der Waals surface area (Å²) in [6, 6.07) is 14.8. The molecule has 1 aliphatic heterocycles. The molecule has 4 aromatic rings. The molecule has 3 aromatic carbocycles. The van der Waals surface area contributed by atoms with Gasteiger partial charge in [0, 0.05) is 49.6 Å². The molecule has 5 rings (SSSR count). The topological polar surface area (TPSA) is 99.9 Å². The minimum Gasteiger partial charge on any atom is -0.496 e. The average molecular weight is 589 g/mol. The van der Waals surface area contributed by atoms with Gasteiger partial charge in [-0.1, -0.05) is 18.2 Å². The minimum absolute atomic E-state index is 0.163. The molecule has 0 aliphatic carbocycles. The maximum atomic E-state index is 14.2. The first kappa shape index (κ1) is 29.6. The summed E-state index contributed by atoms with van der Waals surface area (Å²) in [5.74, 6) is 1.96. The fourth-order valence-corrected chi connectivity index (χ4v) is 5.56. The molecular formula is C33H36N2O8. The Bertz CT molecular complexity index is 1680. The highest BCUT2D eigenvalue weighted by Crippen LogP contribution is 2.43. The summed E-state index contributed by atoms with van der Waals surface area (Å²) in [5, 5.41) is 0.228. The number of nitrogens with zero attached hydrogens (tertiary/aromatic N) is 2. The number of rotatable bonds is 9. The van der Waals surface area contributed by atoms with E-state index in [1.54, 1.807) is 29.2 Å². The van der Waals surface area contributed by atoms with Crippen LogP contribution in [-0.4, -0.2) is 72.5 Å². The maximum absolute atomic E-state index is 14.2. The number of hydrogen-bond acceptors (Lipinski definition) is 9. The Kier molecular flexibility index (Phi) is 8.66. The third-order valence-corrected chi connectivity index (χ3v) is 7.83. The van der Waals surface area contributed by atoms with E-state index in [-0.39, 0.29) is 40.0 Å². The smallest absolute Gasteiger partial charge is 0.227 e. The molecule has 1 fully saturated rings. The van der Waals surface area contributed by atoms with Crippen molar-refractivity contribution in [3.05, 3.63) is 69.9 Å². The Morgan fingerprint density at radius 1 is 0.814 bits per heavy atom. The van der Waals surface area contributed by atoms with Crippen LogP contribution in [0.3, 0.4) is 0 Å². The normalized spacial score (nSPS) is 13.2. The third kappa shape index (κ3) is 5.64. The van der Waals surface area contributed by atoms with Crippen molar-refractivity contribution in [2.24, 2.45) is 0 Å². The Hall–Kier alpha value is -4.86. The number of aryl methyl sites for hydroxylation is 1. The summed E-state index contributed by atoms with van der Waals surface area (Å²) >= 11 is 0. The summed E-state index contributed by atoms with van der Waals surface area (Å²) in [6.45, 7) is 4.53. The molecule has 1 aromatic heterocycles. The number of methoxy groups -OCH3 is 5. The van der Waals surface area contributed by atoms with Crippen LogP contribution in [0.4, 0.5) is 5.69 Å². The van der Waals surface area contributed by atoms with E-state index in [2.05, 4.69) is 24.0 Å². The number of fused-ring (bicyclic) bond motifs is 1. The van der Waals surface area contributed by atoms with E-state index in [9.17, 15) is 9.59 Å². The van der Waals surface area contributed by atoms with E-state index >= 15 is 0 Å². The van der Waals surface area contributed by atoms with Crippen molar-refractivity contribution >= 4 is 22.6 Å². The Morgan fingerprint density at radius 3 is 2.05 bits per heavy atom. The van der Waals surface area contributed by atoms with Crippen molar-refractivity contribution in [3.8, 4) is 40.1 Å². The zero-order valence-corrected chi connectivity index (χ0v) is 25.3. The van der Waals surface area contributed by atoms with Crippen LogP contribution >= 0.6 is 0 Å². The van der Waals surface area contributed by atoms with E-state index in [1.807, 2.05) is 12.1 Å². The van der Waals surface area contributed by atoms with Crippen molar-refractivity contribution in [3.63, 3.8) is 0 Å². The largest absolute Gasteiger partial charge is 0.496 e. The van der Waals surface area contributed by atoms with Gasteiger partial charge >= 0.3 is 0 Å². The van der Waals surface area contributed by atoms with Crippen molar-refractivity contribution in [1.82, 2.24) is 4.90 Å². The summed E-state index contributed by atoms with van der Waals surface area (Å²) in [4.78, 5) is 32.0. The zero-order valence-electron chi connectivity index (χ0n) is 25.3. The highest BCUT2D eigenvalue weighted by atomic mass is 16.5. The van der Waals surface area contributed by atoms with Crippen LogP contribution in [0.25, 0.3) is 22.3 Å². The molecular weight excluding hydrogens is 552 g/mol. The minimum atomic E-state index is -0.364. The molecule has 43 heavy (non-hydrogen) atoms. The Balaban J connectivity index is 1.58. The third-order valence-electron chi connectivity index (χ3n) is 7.83. The number of ether oxygens (including phenoxy) is 5. The predicted octanol–water partition coefficient (Wildman–Crippen LogP) is 4.70. The zero-order chi connectivity index (χ0) is 30.7. The molecule has 0 unspecified atom stereocenters. The first-order chi connectivity index (χ1) is 20.8. The summed E-state index contributed by atoms with van der Waals surface area (Å²) in [7, 11) is 7.52. The summed E-state index contributed by atoms with van der Waals surface area (Å²) in [6.07, 6.45) is -0.163. The summed E-state index contributed by atoms with van der Waals surface area (Å²) < 4.78 is 34.0. The van der Waals surface area contributed by atoms with Crippen LogP contribution in [0.2, 0.25) is 0 Å². The number of carbonyl (C=O) groups excluding carboxylic acids is 1. The molecule has 0 atom stereocenters. The second kappa shape index (κ2) is 12.6. The van der Waals surface area contributed by atoms with Crippen LogP contribution in [-0.2, 0) is 11.2 Å². The van der Waals surface area contributed by atoms with Gasteiger partial charge in [-0.05, 0) is 30.7 Å². The Labute approximate surface area is 250 Å². The molecule has 226 valence electrons. The highest BCUT2D eigenvalue weighted by Gasteiger charge is 2.28. The monoisotopic (exact) mass is 588 g/mol. The number of anilines is 1. The van der Waals surface area contributed by atoms with E-state index in [4.69, 9.17) is 28.1 Å². The lowest BCUT2D eigenvalue weighted by molar-refractivity contribution is -0.130. The number of hydrogen-bond donors (Lipinski definition) is 0. The standard InChI is InChI=1S/C33H36N2O8/c1-20-9-7-8-10-24(20)34-11-13-35(14-12-34)29(36)19-23-31(37)30-25(39-3)17-22(38-2)18-26(30)43-32(23)21-15-27(40-4)33(42-6)28(16-21)41-5/h7-10,15-18H,11-14,19H2,1-6H3. The lowest BCUT2D eigenvalue weighted by Crippen LogP contribution is -2.49. The van der Waals surface area contributed by atoms with Crippen LogP contribution in [0.15, 0.2) is 57.7 Å². The molecule has 1 amide bonds. The number of amides is 1. The van der Waals surface area contributed by atoms with Crippen LogP contribution in [0, 0.1) is 6.92 Å². The van der Waals surface area contributed by atoms with Gasteiger partial charge in [0.2, 0.25) is 17.1 Å². The second-order valence-corrected chi connectivity index (χ2v) is 10.2. The van der Waals surface area contributed by atoms with E-state index in [0.717, 1.165) is 5.69 Å². The van der Waals surface area contributed by atoms with Gasteiger partial charge in [0.15, 0.2) is 11.5 Å². The van der Waals surface area contributed by atoms with E-state index in [0.29, 0.717) is 60.5 Å². The van der Waals surface area contributed by atoms with Crippen LogP contribution < -0.4 is 34.0 Å². The lowest BCUT2D eigenvalue weighted by Gasteiger charge is -2.37. The van der Waals surface area contributed by atoms with Gasteiger partial charge in [-0.15, -0.1) is 0 Å². The van der Waals surface area contributed by atoms with Gasteiger partial charge < -0.3 is 37.9 Å². The van der Waals surface area contributed by atoms with E-state index < -0.39 is 0 Å². The molecule has 1 aliphatic rings. The quantitative estimate of drug-likeness (QED) is 0.275. The molecule has 10 heteroatoms. The van der Waals surface area contributed by atoms with Crippen LogP contribution in [0.1, 0.15) is 11.1 Å². The van der Waals surface area contributed by atoms with Gasteiger partial charge in [0.25, 0.3) is 0 Å². The van der Waals surface area contributed by atoms with Gasteiger partial charge in [-0.2, -0.15) is 0 Å². The van der Waals surface area contributed by atoms with Gasteiger partial charge in [0.05, 0.1) is 47.5 Å². The molecule has 2 heterocycles. The van der Waals surface area contributed by atoms with E-state index in [1.165, 1.54) is 41.1 Å². The molecule has 0 N–H and O–H groups in total. The van der Waals surface area contributed by atoms with Crippen molar-refractivity contribution in [2.75, 3.05) is 66.6 Å². The highest BCUT2D eigenvalue weighted by molar-refractivity contribution is 5.90. The molecule has 0 spiro atoms. The van der Waals surface area contributed by atoms with Crippen molar-refractivity contribution in [2.45, 2.75) is 13.3 Å². The second-order valence-electron chi connectivity index (χ2n) is 10.2. The van der Waals surface area contributed by atoms with Crippen molar-refractivity contribution in [1.29, 1.82) is 0 Å². The SMILES string of the molecule is COc1cc(OC)c2c(=O)c(CC(=O)N3CCN(c4ccccc4C)CC3)c(-c3cc(OC)c(OC)c(OC)c3)oc2c1. The number of benzene rings is 3. The molecule has 0 bridgehead atoms. The fraction of sp³-hybridized carbons (Fsp3) is 0.333. The number of carbonyl (C=O) groups is 1.